The summed E-state index contributed by atoms with van der Waals surface area (Å²) in [7, 11) is -0.819. The van der Waals surface area contributed by atoms with Gasteiger partial charge in [0, 0.05) is 8.07 Å². The second-order valence-corrected chi connectivity index (χ2v) is 9.96. The van der Waals surface area contributed by atoms with E-state index < -0.39 is 8.07 Å². The molecule has 1 aliphatic rings. The molecule has 1 saturated heterocycles. The number of hydrogen-bond acceptors (Lipinski definition) is 1. The predicted molar refractivity (Wildman–Crippen MR) is 56.4 cm³/mol. The van der Waals surface area contributed by atoms with Crippen LogP contribution in [0.25, 0.3) is 0 Å². The van der Waals surface area contributed by atoms with Gasteiger partial charge in [-0.05, 0) is 25.1 Å². The molecular formula is C8H20ClNSi. The van der Waals surface area contributed by atoms with E-state index in [9.17, 15) is 0 Å². The van der Waals surface area contributed by atoms with Crippen molar-refractivity contribution in [2.45, 2.75) is 38.0 Å². The fourth-order valence-corrected chi connectivity index (χ4v) is 3.42. The van der Waals surface area contributed by atoms with Crippen molar-refractivity contribution in [3.63, 3.8) is 0 Å². The van der Waals surface area contributed by atoms with Gasteiger partial charge in [0.25, 0.3) is 0 Å². The highest BCUT2D eigenvalue weighted by Gasteiger charge is 2.27. The van der Waals surface area contributed by atoms with Crippen molar-refractivity contribution < 1.29 is 0 Å². The van der Waals surface area contributed by atoms with Crippen molar-refractivity contribution in [1.29, 1.82) is 0 Å². The van der Waals surface area contributed by atoms with Gasteiger partial charge in [-0.1, -0.05) is 26.1 Å². The zero-order valence-electron chi connectivity index (χ0n) is 7.81. The van der Waals surface area contributed by atoms with Crippen molar-refractivity contribution >= 4 is 20.5 Å². The molecule has 1 fully saturated rings. The van der Waals surface area contributed by atoms with Crippen molar-refractivity contribution in [2.75, 3.05) is 13.1 Å². The summed E-state index contributed by atoms with van der Waals surface area (Å²) >= 11 is 0. The number of hydrogen-bond donors (Lipinski definition) is 1. The Labute approximate surface area is 77.4 Å². The van der Waals surface area contributed by atoms with Crippen LogP contribution in [-0.4, -0.2) is 21.2 Å². The normalized spacial score (nSPS) is 25.9. The van der Waals surface area contributed by atoms with Crippen molar-refractivity contribution in [3.8, 4) is 0 Å². The van der Waals surface area contributed by atoms with Gasteiger partial charge in [-0.15, -0.1) is 12.4 Å². The van der Waals surface area contributed by atoms with Crippen LogP contribution in [0.4, 0.5) is 0 Å². The molecule has 0 amide bonds. The molecule has 68 valence electrons. The first kappa shape index (κ1) is 11.5. The Morgan fingerprint density at radius 2 is 1.91 bits per heavy atom. The molecule has 1 unspecified atom stereocenters. The Morgan fingerprint density at radius 3 is 2.18 bits per heavy atom. The molecular weight excluding hydrogens is 174 g/mol. The number of rotatable bonds is 1. The molecule has 0 radical (unpaired) electrons. The molecule has 0 aromatic rings. The van der Waals surface area contributed by atoms with Gasteiger partial charge in [0.05, 0.1) is 0 Å². The molecule has 1 N–H and O–H groups in total. The number of nitrogens with one attached hydrogen (secondary N) is 1. The summed E-state index contributed by atoms with van der Waals surface area (Å²) in [6.07, 6.45) is 2.87. The number of piperidine rings is 1. The Balaban J connectivity index is 0.000001000. The standard InChI is InChI=1S/C8H19NSi.ClH/c1-10(2,3)8-5-4-6-9-7-8;/h8-9H,4-7H2,1-3H3;1H. The summed E-state index contributed by atoms with van der Waals surface area (Å²) in [5, 5.41) is 3.48. The molecule has 0 aromatic carbocycles. The minimum atomic E-state index is -0.819. The Morgan fingerprint density at radius 1 is 1.27 bits per heavy atom. The van der Waals surface area contributed by atoms with Crippen LogP contribution in [-0.2, 0) is 0 Å². The average molecular weight is 194 g/mol. The van der Waals surface area contributed by atoms with Gasteiger partial charge in [0.15, 0.2) is 0 Å². The zero-order chi connectivity index (χ0) is 7.61. The molecule has 0 saturated carbocycles. The molecule has 1 nitrogen and oxygen atoms in total. The second-order valence-electron chi connectivity index (χ2n) is 4.41. The van der Waals surface area contributed by atoms with Crippen LogP contribution in [0.2, 0.25) is 25.2 Å². The molecule has 3 heteroatoms. The maximum atomic E-state index is 3.48. The first-order valence-electron chi connectivity index (χ1n) is 4.31. The Hall–Kier alpha value is 0.467. The van der Waals surface area contributed by atoms with Crippen molar-refractivity contribution in [3.05, 3.63) is 0 Å². The zero-order valence-corrected chi connectivity index (χ0v) is 9.63. The van der Waals surface area contributed by atoms with Crippen LogP contribution < -0.4 is 5.32 Å². The average Bonchev–Trinajstić information content (AvgIpc) is 1.88. The lowest BCUT2D eigenvalue weighted by atomic mass is 10.2. The molecule has 0 bridgehead atoms. The Bertz CT molecular complexity index is 105. The maximum Gasteiger partial charge on any atom is 0.0487 e. The summed E-state index contributed by atoms with van der Waals surface area (Å²) in [5.41, 5.74) is 1.03. The monoisotopic (exact) mass is 193 g/mol. The highest BCUT2D eigenvalue weighted by Crippen LogP contribution is 2.27. The van der Waals surface area contributed by atoms with Gasteiger partial charge in [-0.25, -0.2) is 0 Å². The van der Waals surface area contributed by atoms with E-state index in [0.29, 0.717) is 0 Å². The molecule has 1 heterocycles. The molecule has 1 aliphatic heterocycles. The van der Waals surface area contributed by atoms with Gasteiger partial charge < -0.3 is 5.32 Å². The fraction of sp³-hybridized carbons (Fsp3) is 1.00. The fourth-order valence-electron chi connectivity index (χ4n) is 1.59. The topological polar surface area (TPSA) is 12.0 Å². The van der Waals surface area contributed by atoms with E-state index in [-0.39, 0.29) is 12.4 Å². The van der Waals surface area contributed by atoms with E-state index in [2.05, 4.69) is 25.0 Å². The van der Waals surface area contributed by atoms with Crippen molar-refractivity contribution in [2.24, 2.45) is 0 Å². The van der Waals surface area contributed by atoms with E-state index in [1.807, 2.05) is 0 Å². The molecule has 0 aliphatic carbocycles. The van der Waals surface area contributed by atoms with Crippen LogP contribution in [0.5, 0.6) is 0 Å². The van der Waals surface area contributed by atoms with E-state index in [1.54, 1.807) is 0 Å². The Kier molecular flexibility index (Phi) is 4.67. The third-order valence-electron chi connectivity index (χ3n) is 2.52. The van der Waals surface area contributed by atoms with Gasteiger partial charge in [-0.3, -0.25) is 0 Å². The van der Waals surface area contributed by atoms with E-state index >= 15 is 0 Å². The lowest BCUT2D eigenvalue weighted by Crippen LogP contribution is -2.39. The second kappa shape index (κ2) is 4.48. The smallest absolute Gasteiger partial charge is 0.0487 e. The van der Waals surface area contributed by atoms with Crippen LogP contribution in [0.15, 0.2) is 0 Å². The summed E-state index contributed by atoms with van der Waals surface area (Å²) in [6, 6.07) is 0. The highest BCUT2D eigenvalue weighted by atomic mass is 35.5. The lowest BCUT2D eigenvalue weighted by molar-refractivity contribution is 0.509. The quantitative estimate of drug-likeness (QED) is 0.632. The molecule has 0 spiro atoms. The third-order valence-corrected chi connectivity index (χ3v) is 5.46. The van der Waals surface area contributed by atoms with E-state index in [1.165, 1.54) is 25.9 Å². The molecule has 1 rings (SSSR count). The maximum absolute atomic E-state index is 3.48. The number of halogens is 1. The summed E-state index contributed by atoms with van der Waals surface area (Å²) < 4.78 is 0. The molecule has 1 atom stereocenters. The highest BCUT2D eigenvalue weighted by molar-refractivity contribution is 6.77. The SMILES string of the molecule is C[Si](C)(C)C1CCCNC1.Cl. The minimum Gasteiger partial charge on any atom is -0.317 e. The van der Waals surface area contributed by atoms with Crippen LogP contribution >= 0.6 is 12.4 Å². The third kappa shape index (κ3) is 3.59. The first-order chi connectivity index (χ1) is 4.61. The lowest BCUT2D eigenvalue weighted by Gasteiger charge is -2.32. The molecule has 11 heavy (non-hydrogen) atoms. The van der Waals surface area contributed by atoms with Crippen LogP contribution in [0.1, 0.15) is 12.8 Å². The summed E-state index contributed by atoms with van der Waals surface area (Å²) in [6.45, 7) is 9.97. The summed E-state index contributed by atoms with van der Waals surface area (Å²) in [4.78, 5) is 0. The molecule has 0 aromatic heterocycles. The first-order valence-corrected chi connectivity index (χ1v) is 7.89. The van der Waals surface area contributed by atoms with Gasteiger partial charge in [-0.2, -0.15) is 0 Å². The van der Waals surface area contributed by atoms with Gasteiger partial charge in [0.1, 0.15) is 0 Å². The largest absolute Gasteiger partial charge is 0.317 e. The van der Waals surface area contributed by atoms with Crippen molar-refractivity contribution in [1.82, 2.24) is 5.32 Å². The van der Waals surface area contributed by atoms with E-state index in [0.717, 1.165) is 5.54 Å². The predicted octanol–water partition coefficient (Wildman–Crippen LogP) is 2.50. The van der Waals surface area contributed by atoms with Crippen LogP contribution in [0, 0.1) is 0 Å². The van der Waals surface area contributed by atoms with Gasteiger partial charge >= 0.3 is 0 Å². The van der Waals surface area contributed by atoms with Crippen LogP contribution in [0.3, 0.4) is 0 Å². The van der Waals surface area contributed by atoms with E-state index in [4.69, 9.17) is 0 Å². The minimum absolute atomic E-state index is 0. The summed E-state index contributed by atoms with van der Waals surface area (Å²) in [5.74, 6) is 0. The van der Waals surface area contributed by atoms with Gasteiger partial charge in [0.2, 0.25) is 0 Å².